The Balaban J connectivity index is 2.56. The van der Waals surface area contributed by atoms with Crippen molar-refractivity contribution in [3.8, 4) is 5.75 Å². The van der Waals surface area contributed by atoms with E-state index in [9.17, 15) is 10.1 Å². The number of hydrogen-bond donors (Lipinski definition) is 1. The molecule has 0 aliphatic carbocycles. The van der Waals surface area contributed by atoms with Crippen molar-refractivity contribution in [1.29, 1.82) is 0 Å². The first-order chi connectivity index (χ1) is 8.69. The molecule has 1 aromatic carbocycles. The number of thioether (sulfide) groups is 1. The van der Waals surface area contributed by atoms with E-state index in [4.69, 9.17) is 4.74 Å². The number of nitro groups is 1. The van der Waals surface area contributed by atoms with E-state index in [-0.39, 0.29) is 11.4 Å². The Hall–Kier alpha value is -1.43. The number of benzene rings is 1. The van der Waals surface area contributed by atoms with Gasteiger partial charge in [-0.15, -0.1) is 0 Å². The Morgan fingerprint density at radius 1 is 1.50 bits per heavy atom. The van der Waals surface area contributed by atoms with Gasteiger partial charge in [-0.3, -0.25) is 10.1 Å². The predicted octanol–water partition coefficient (Wildman–Crippen LogP) is 3.16. The Morgan fingerprint density at radius 2 is 2.28 bits per heavy atom. The lowest BCUT2D eigenvalue weighted by Crippen LogP contribution is -2.03. The second-order valence-corrected chi connectivity index (χ2v) is 5.01. The number of nitrogens with one attached hydrogen (secondary N) is 1. The van der Waals surface area contributed by atoms with Crippen LogP contribution in [0.4, 0.5) is 11.4 Å². The summed E-state index contributed by atoms with van der Waals surface area (Å²) in [6.45, 7) is 2.95. The summed E-state index contributed by atoms with van der Waals surface area (Å²) in [4.78, 5) is 10.4. The highest BCUT2D eigenvalue weighted by molar-refractivity contribution is 7.99. The van der Waals surface area contributed by atoms with Gasteiger partial charge >= 0.3 is 5.69 Å². The SMILES string of the molecule is CCSCCCNc1ccc(OC)c([N+](=O)[O-])c1. The third kappa shape index (κ3) is 4.44. The van der Waals surface area contributed by atoms with Gasteiger partial charge in [-0.05, 0) is 30.1 Å². The normalized spacial score (nSPS) is 10.1. The van der Waals surface area contributed by atoms with E-state index in [1.165, 1.54) is 13.2 Å². The zero-order valence-electron chi connectivity index (χ0n) is 10.6. The highest BCUT2D eigenvalue weighted by atomic mass is 32.2. The molecule has 0 fully saturated rings. The number of ether oxygens (including phenoxy) is 1. The predicted molar refractivity (Wildman–Crippen MR) is 75.8 cm³/mol. The third-order valence-electron chi connectivity index (χ3n) is 2.37. The lowest BCUT2D eigenvalue weighted by atomic mass is 10.2. The van der Waals surface area contributed by atoms with Crippen LogP contribution in [-0.4, -0.2) is 30.1 Å². The highest BCUT2D eigenvalue weighted by Crippen LogP contribution is 2.29. The van der Waals surface area contributed by atoms with Gasteiger partial charge in [-0.1, -0.05) is 6.92 Å². The molecule has 6 heteroatoms. The van der Waals surface area contributed by atoms with Crippen LogP contribution >= 0.6 is 11.8 Å². The van der Waals surface area contributed by atoms with Crippen molar-refractivity contribution in [1.82, 2.24) is 0 Å². The van der Waals surface area contributed by atoms with E-state index in [1.807, 2.05) is 11.8 Å². The Labute approximate surface area is 111 Å². The smallest absolute Gasteiger partial charge is 0.312 e. The molecule has 0 aliphatic rings. The first-order valence-corrected chi connectivity index (χ1v) is 6.98. The summed E-state index contributed by atoms with van der Waals surface area (Å²) in [5.41, 5.74) is 0.745. The Kier molecular flexibility index (Phi) is 6.35. The number of nitro benzene ring substituents is 1. The molecule has 0 unspecified atom stereocenters. The van der Waals surface area contributed by atoms with Crippen LogP contribution in [0, 0.1) is 10.1 Å². The quantitative estimate of drug-likeness (QED) is 0.446. The maximum atomic E-state index is 10.8. The second kappa shape index (κ2) is 7.81. The number of nitrogens with zero attached hydrogens (tertiary/aromatic N) is 1. The van der Waals surface area contributed by atoms with Crippen molar-refractivity contribution >= 4 is 23.1 Å². The summed E-state index contributed by atoms with van der Waals surface area (Å²) < 4.78 is 4.95. The molecular weight excluding hydrogens is 252 g/mol. The number of anilines is 1. The fourth-order valence-corrected chi connectivity index (χ4v) is 2.13. The second-order valence-electron chi connectivity index (χ2n) is 3.62. The van der Waals surface area contributed by atoms with Crippen molar-refractivity contribution < 1.29 is 9.66 Å². The monoisotopic (exact) mass is 270 g/mol. The van der Waals surface area contributed by atoms with Gasteiger partial charge in [0.1, 0.15) is 0 Å². The maximum Gasteiger partial charge on any atom is 0.312 e. The van der Waals surface area contributed by atoms with Crippen molar-refractivity contribution in [3.63, 3.8) is 0 Å². The van der Waals surface area contributed by atoms with E-state index < -0.39 is 4.92 Å². The molecule has 0 amide bonds. The molecule has 0 aromatic heterocycles. The largest absolute Gasteiger partial charge is 0.490 e. The minimum absolute atomic E-state index is 0.00886. The van der Waals surface area contributed by atoms with Crippen LogP contribution in [0.5, 0.6) is 5.75 Å². The van der Waals surface area contributed by atoms with E-state index in [2.05, 4.69) is 12.2 Å². The molecular formula is C12H18N2O3S. The van der Waals surface area contributed by atoms with Gasteiger partial charge in [-0.25, -0.2) is 0 Å². The zero-order valence-corrected chi connectivity index (χ0v) is 11.5. The molecule has 18 heavy (non-hydrogen) atoms. The number of rotatable bonds is 8. The topological polar surface area (TPSA) is 64.4 Å². The van der Waals surface area contributed by atoms with Crippen molar-refractivity contribution in [3.05, 3.63) is 28.3 Å². The van der Waals surface area contributed by atoms with E-state index in [0.717, 1.165) is 30.2 Å². The zero-order chi connectivity index (χ0) is 13.4. The fraction of sp³-hybridized carbons (Fsp3) is 0.500. The minimum atomic E-state index is -0.434. The molecule has 1 N–H and O–H groups in total. The number of methoxy groups -OCH3 is 1. The molecule has 5 nitrogen and oxygen atoms in total. The van der Waals surface area contributed by atoms with Gasteiger partial charge in [-0.2, -0.15) is 11.8 Å². The summed E-state index contributed by atoms with van der Waals surface area (Å²) in [5.74, 6) is 2.50. The molecule has 0 saturated carbocycles. The van der Waals surface area contributed by atoms with Gasteiger partial charge in [0, 0.05) is 18.3 Å². The van der Waals surface area contributed by atoms with Crippen LogP contribution < -0.4 is 10.1 Å². The molecule has 1 rings (SSSR count). The van der Waals surface area contributed by atoms with Crippen LogP contribution in [0.3, 0.4) is 0 Å². The average Bonchev–Trinajstić information content (AvgIpc) is 2.38. The molecule has 0 atom stereocenters. The Bertz CT molecular complexity index is 399. The van der Waals surface area contributed by atoms with Gasteiger partial charge in [0.05, 0.1) is 12.0 Å². The summed E-state index contributed by atoms with van der Waals surface area (Å²) in [7, 11) is 1.43. The Morgan fingerprint density at radius 3 is 2.89 bits per heavy atom. The summed E-state index contributed by atoms with van der Waals surface area (Å²) >= 11 is 1.89. The molecule has 1 aromatic rings. The first-order valence-electron chi connectivity index (χ1n) is 5.83. The molecule has 0 spiro atoms. The van der Waals surface area contributed by atoms with Gasteiger partial charge in [0.2, 0.25) is 0 Å². The van der Waals surface area contributed by atoms with Gasteiger partial charge < -0.3 is 10.1 Å². The number of hydrogen-bond acceptors (Lipinski definition) is 5. The van der Waals surface area contributed by atoms with Gasteiger partial charge in [0.25, 0.3) is 0 Å². The van der Waals surface area contributed by atoms with Gasteiger partial charge in [0.15, 0.2) is 5.75 Å². The molecule has 0 bridgehead atoms. The molecule has 100 valence electrons. The molecule has 0 saturated heterocycles. The average molecular weight is 270 g/mol. The van der Waals surface area contributed by atoms with Crippen LogP contribution in [0.1, 0.15) is 13.3 Å². The molecule has 0 radical (unpaired) electrons. The van der Waals surface area contributed by atoms with Crippen molar-refractivity contribution in [2.45, 2.75) is 13.3 Å². The van der Waals surface area contributed by atoms with Crippen LogP contribution in [-0.2, 0) is 0 Å². The summed E-state index contributed by atoms with van der Waals surface area (Å²) in [6.07, 6.45) is 1.04. The fourth-order valence-electron chi connectivity index (χ4n) is 1.49. The maximum absolute atomic E-state index is 10.8. The molecule has 0 aliphatic heterocycles. The molecule has 0 heterocycles. The van der Waals surface area contributed by atoms with E-state index >= 15 is 0 Å². The highest BCUT2D eigenvalue weighted by Gasteiger charge is 2.14. The van der Waals surface area contributed by atoms with E-state index in [1.54, 1.807) is 12.1 Å². The lowest BCUT2D eigenvalue weighted by molar-refractivity contribution is -0.385. The third-order valence-corrected chi connectivity index (χ3v) is 3.36. The van der Waals surface area contributed by atoms with Crippen molar-refractivity contribution in [2.24, 2.45) is 0 Å². The van der Waals surface area contributed by atoms with E-state index in [0.29, 0.717) is 0 Å². The van der Waals surface area contributed by atoms with Crippen LogP contribution in [0.2, 0.25) is 0 Å². The summed E-state index contributed by atoms with van der Waals surface area (Å²) in [6, 6.07) is 4.91. The minimum Gasteiger partial charge on any atom is -0.490 e. The van der Waals surface area contributed by atoms with Crippen LogP contribution in [0.25, 0.3) is 0 Å². The lowest BCUT2D eigenvalue weighted by Gasteiger charge is -2.07. The van der Waals surface area contributed by atoms with Crippen molar-refractivity contribution in [2.75, 3.05) is 30.5 Å². The van der Waals surface area contributed by atoms with Crippen LogP contribution in [0.15, 0.2) is 18.2 Å². The first kappa shape index (κ1) is 14.6. The summed E-state index contributed by atoms with van der Waals surface area (Å²) in [5, 5.41) is 14.0. The standard InChI is InChI=1S/C12H18N2O3S/c1-3-18-8-4-7-13-10-5-6-12(17-2)11(9-10)14(15)16/h5-6,9,13H,3-4,7-8H2,1-2H3.